The molecule has 0 radical (unpaired) electrons. The highest BCUT2D eigenvalue weighted by molar-refractivity contribution is 7.89. The number of nitrogens with one attached hydrogen (secondary N) is 2. The number of likely N-dealkylation sites (N-methyl/N-ethyl adjacent to an activating group) is 1. The predicted octanol–water partition coefficient (Wildman–Crippen LogP) is 2.17. The molecule has 0 bridgehead atoms. The number of sulfonamides is 1. The Bertz CT molecular complexity index is 844. The van der Waals surface area contributed by atoms with Crippen molar-refractivity contribution in [2.75, 3.05) is 52.4 Å². The zero-order valence-electron chi connectivity index (χ0n) is 17.3. The van der Waals surface area contributed by atoms with Gasteiger partial charge < -0.3 is 15.1 Å². The van der Waals surface area contributed by atoms with Gasteiger partial charge in [-0.1, -0.05) is 18.5 Å². The Morgan fingerprint density at radius 2 is 1.77 bits per heavy atom. The molecule has 0 unspecified atom stereocenters. The summed E-state index contributed by atoms with van der Waals surface area (Å²) in [6.45, 7) is 8.41. The first kappa shape index (κ1) is 25.9. The average molecular weight is 485 g/mol. The van der Waals surface area contributed by atoms with Crippen molar-refractivity contribution in [3.8, 4) is 0 Å². The van der Waals surface area contributed by atoms with Gasteiger partial charge in [-0.3, -0.25) is 4.79 Å². The van der Waals surface area contributed by atoms with Crippen LogP contribution in [0.3, 0.4) is 0 Å². The van der Waals surface area contributed by atoms with Crippen molar-refractivity contribution < 1.29 is 26.4 Å². The molecule has 31 heavy (non-hydrogen) atoms. The van der Waals surface area contributed by atoms with Gasteiger partial charge in [-0.15, -0.1) is 0 Å². The van der Waals surface area contributed by atoms with Gasteiger partial charge in [-0.2, -0.15) is 13.2 Å². The lowest BCUT2D eigenvalue weighted by molar-refractivity contribution is -0.137. The van der Waals surface area contributed by atoms with E-state index in [9.17, 15) is 26.4 Å². The zero-order chi connectivity index (χ0) is 23.1. The summed E-state index contributed by atoms with van der Waals surface area (Å²) in [6, 6.07) is 2.35. The molecule has 0 aliphatic carbocycles. The molecule has 12 heteroatoms. The van der Waals surface area contributed by atoms with Gasteiger partial charge in [0.25, 0.3) is 0 Å². The van der Waals surface area contributed by atoms with Crippen molar-refractivity contribution in [2.24, 2.45) is 0 Å². The van der Waals surface area contributed by atoms with E-state index in [2.05, 4.69) is 26.8 Å². The number of halogens is 4. The summed E-state index contributed by atoms with van der Waals surface area (Å²) in [4.78, 5) is 16.1. The van der Waals surface area contributed by atoms with Gasteiger partial charge in [0, 0.05) is 45.7 Å². The van der Waals surface area contributed by atoms with Crippen molar-refractivity contribution in [3.63, 3.8) is 0 Å². The summed E-state index contributed by atoms with van der Waals surface area (Å²) in [6.07, 6.45) is -4.10. The number of benzene rings is 1. The second kappa shape index (κ2) is 11.5. The van der Waals surface area contributed by atoms with E-state index >= 15 is 0 Å². The second-order valence-corrected chi connectivity index (χ2v) is 9.44. The number of piperazine rings is 1. The quantitative estimate of drug-likeness (QED) is 0.497. The van der Waals surface area contributed by atoms with E-state index in [1.807, 2.05) is 0 Å². The highest BCUT2D eigenvalue weighted by Crippen LogP contribution is 2.35. The van der Waals surface area contributed by atoms with Crippen molar-refractivity contribution >= 4 is 27.5 Å². The smallest absolute Gasteiger partial charge is 0.356 e. The monoisotopic (exact) mass is 484 g/mol. The summed E-state index contributed by atoms with van der Waals surface area (Å²) >= 11 is 5.51. The molecule has 2 rings (SSSR count). The second-order valence-electron chi connectivity index (χ2n) is 7.27. The van der Waals surface area contributed by atoms with Crippen LogP contribution in [0.2, 0.25) is 5.02 Å². The Morgan fingerprint density at radius 1 is 1.13 bits per heavy atom. The maximum Gasteiger partial charge on any atom is 0.417 e. The molecular formula is C19H28ClF3N4O3S. The summed E-state index contributed by atoms with van der Waals surface area (Å²) in [5.41, 5.74) is -1.23. The summed E-state index contributed by atoms with van der Waals surface area (Å²) in [5, 5.41) is 2.14. The van der Waals surface area contributed by atoms with Gasteiger partial charge in [-0.05, 0) is 37.7 Å². The first-order valence-electron chi connectivity index (χ1n) is 10.1. The third-order valence-corrected chi connectivity index (χ3v) is 6.87. The van der Waals surface area contributed by atoms with Crippen molar-refractivity contribution in [1.29, 1.82) is 0 Å². The number of rotatable bonds is 10. The Kier molecular flexibility index (Phi) is 9.56. The van der Waals surface area contributed by atoms with Gasteiger partial charge in [0.2, 0.25) is 15.9 Å². The summed E-state index contributed by atoms with van der Waals surface area (Å²) in [7, 11) is -4.20. The highest BCUT2D eigenvalue weighted by Gasteiger charge is 2.34. The fourth-order valence-corrected chi connectivity index (χ4v) is 4.50. The molecule has 1 fully saturated rings. The number of carbonyl (C=O) groups is 1. The van der Waals surface area contributed by atoms with E-state index in [-0.39, 0.29) is 18.9 Å². The lowest BCUT2D eigenvalue weighted by Crippen LogP contribution is -2.46. The molecule has 0 saturated carbocycles. The molecule has 1 aromatic rings. The maximum atomic E-state index is 12.9. The van der Waals surface area contributed by atoms with E-state index < -0.39 is 31.7 Å². The number of amides is 1. The van der Waals surface area contributed by atoms with Crippen molar-refractivity contribution in [2.45, 2.75) is 30.8 Å². The van der Waals surface area contributed by atoms with E-state index in [1.165, 1.54) is 0 Å². The third-order valence-electron chi connectivity index (χ3n) is 5.08. The Morgan fingerprint density at radius 3 is 2.39 bits per heavy atom. The van der Waals surface area contributed by atoms with Gasteiger partial charge in [0.1, 0.15) is 0 Å². The van der Waals surface area contributed by atoms with E-state index in [1.54, 1.807) is 0 Å². The molecule has 0 atom stereocenters. The normalized spacial score (nSPS) is 16.4. The first-order chi connectivity index (χ1) is 14.5. The van der Waals surface area contributed by atoms with Crippen LogP contribution in [-0.2, 0) is 21.0 Å². The lowest BCUT2D eigenvalue weighted by Gasteiger charge is -2.33. The minimum Gasteiger partial charge on any atom is -0.356 e. The highest BCUT2D eigenvalue weighted by atomic mass is 35.5. The number of alkyl halides is 3. The van der Waals surface area contributed by atoms with Gasteiger partial charge in [-0.25, -0.2) is 13.1 Å². The Labute approximate surface area is 186 Å². The van der Waals surface area contributed by atoms with Gasteiger partial charge >= 0.3 is 6.18 Å². The molecule has 1 heterocycles. The van der Waals surface area contributed by atoms with E-state index in [0.717, 1.165) is 57.8 Å². The van der Waals surface area contributed by atoms with Crippen LogP contribution in [0.25, 0.3) is 0 Å². The van der Waals surface area contributed by atoms with E-state index in [4.69, 9.17) is 11.6 Å². The fraction of sp³-hybridized carbons (Fsp3) is 0.632. The molecule has 1 aliphatic rings. The SMILES string of the molecule is CCN1CCN(CCCNC(=O)CCNS(=O)(=O)c2ccc(Cl)c(C(F)(F)F)c2)CC1. The molecule has 1 aliphatic heterocycles. The minimum atomic E-state index is -4.77. The standard InChI is InChI=1S/C19H28ClF3N4O3S/c1-2-26-10-12-27(13-11-26)9-3-7-24-18(28)6-8-25-31(29,30)15-4-5-17(20)16(14-15)19(21,22)23/h4-5,14,25H,2-3,6-13H2,1H3,(H,24,28). The first-order valence-corrected chi connectivity index (χ1v) is 12.0. The van der Waals surface area contributed by atoms with Crippen LogP contribution in [0.5, 0.6) is 0 Å². The van der Waals surface area contributed by atoms with E-state index in [0.29, 0.717) is 12.6 Å². The van der Waals surface area contributed by atoms with Crippen LogP contribution in [0.15, 0.2) is 23.1 Å². The number of hydrogen-bond donors (Lipinski definition) is 2. The molecule has 1 saturated heterocycles. The van der Waals surface area contributed by atoms with Crippen LogP contribution < -0.4 is 10.0 Å². The maximum absolute atomic E-state index is 12.9. The Balaban J connectivity index is 1.70. The topological polar surface area (TPSA) is 81.8 Å². The average Bonchev–Trinajstić information content (AvgIpc) is 2.71. The summed E-state index contributed by atoms with van der Waals surface area (Å²) in [5.74, 6) is -0.328. The molecule has 176 valence electrons. The van der Waals surface area contributed by atoms with Crippen molar-refractivity contribution in [1.82, 2.24) is 19.8 Å². The van der Waals surface area contributed by atoms with Crippen LogP contribution >= 0.6 is 11.6 Å². The molecule has 2 N–H and O–H groups in total. The van der Waals surface area contributed by atoms with Crippen LogP contribution in [-0.4, -0.2) is 76.5 Å². The third kappa shape index (κ3) is 8.23. The lowest BCUT2D eigenvalue weighted by atomic mass is 10.2. The molecule has 0 spiro atoms. The molecular weight excluding hydrogens is 457 g/mol. The number of hydrogen-bond acceptors (Lipinski definition) is 5. The van der Waals surface area contributed by atoms with Crippen LogP contribution in [0, 0.1) is 0 Å². The molecule has 1 aromatic carbocycles. The predicted molar refractivity (Wildman–Crippen MR) is 112 cm³/mol. The number of carbonyl (C=O) groups excluding carboxylic acids is 1. The minimum absolute atomic E-state index is 0.117. The molecule has 7 nitrogen and oxygen atoms in total. The zero-order valence-corrected chi connectivity index (χ0v) is 18.9. The number of nitrogens with zero attached hydrogens (tertiary/aromatic N) is 2. The summed E-state index contributed by atoms with van der Waals surface area (Å²) < 4.78 is 65.3. The Hall–Kier alpha value is -1.40. The van der Waals surface area contributed by atoms with Crippen LogP contribution in [0.1, 0.15) is 25.3 Å². The van der Waals surface area contributed by atoms with Crippen LogP contribution in [0.4, 0.5) is 13.2 Å². The fourth-order valence-electron chi connectivity index (χ4n) is 3.22. The molecule has 0 aromatic heterocycles. The largest absolute Gasteiger partial charge is 0.417 e. The van der Waals surface area contributed by atoms with Gasteiger partial charge in [0.05, 0.1) is 15.5 Å². The van der Waals surface area contributed by atoms with Gasteiger partial charge in [0.15, 0.2) is 0 Å². The molecule has 1 amide bonds. The van der Waals surface area contributed by atoms with Crippen molar-refractivity contribution in [3.05, 3.63) is 28.8 Å².